The number of nitrogens with one attached hydrogen (secondary N) is 2. The third-order valence-electron chi connectivity index (χ3n) is 13.6. The van der Waals surface area contributed by atoms with Gasteiger partial charge >= 0.3 is 5.97 Å². The van der Waals surface area contributed by atoms with E-state index in [0.717, 1.165) is 50.1 Å². The number of amides is 4. The topological polar surface area (TPSA) is 155 Å². The van der Waals surface area contributed by atoms with Gasteiger partial charge in [-0.2, -0.15) is 0 Å². The number of aromatic nitrogens is 2. The third-order valence-corrected chi connectivity index (χ3v) is 13.6. The molecule has 2 N–H and O–H groups in total. The predicted molar refractivity (Wildman–Crippen MR) is 248 cm³/mol. The van der Waals surface area contributed by atoms with Crippen LogP contribution in [0.5, 0.6) is 0 Å². The van der Waals surface area contributed by atoms with Crippen LogP contribution in [0.2, 0.25) is 0 Å². The molecule has 344 valence electrons. The maximum atomic E-state index is 14.7. The lowest BCUT2D eigenvalue weighted by molar-refractivity contribution is -0.155. The first-order valence-electron chi connectivity index (χ1n) is 23.1. The first-order chi connectivity index (χ1) is 31.0. The van der Waals surface area contributed by atoms with Gasteiger partial charge in [-0.15, -0.1) is 0 Å². The van der Waals surface area contributed by atoms with Gasteiger partial charge in [0.1, 0.15) is 18.1 Å². The van der Waals surface area contributed by atoms with Crippen LogP contribution in [0.4, 0.5) is 0 Å². The summed E-state index contributed by atoms with van der Waals surface area (Å²) in [5.74, 6) is -2.54. The molecular formula is C51H63N7O7. The van der Waals surface area contributed by atoms with E-state index in [1.54, 1.807) is 11.9 Å². The normalized spacial score (nSPS) is 23.9. The second-order valence-electron chi connectivity index (χ2n) is 19.5. The number of hydrogen-bond donors (Lipinski definition) is 2. The Hall–Kier alpha value is -5.86. The van der Waals surface area contributed by atoms with Crippen molar-refractivity contribution in [3.8, 4) is 22.4 Å². The number of likely N-dealkylation sites (tertiary alicyclic amines) is 1. The Labute approximate surface area is 381 Å². The predicted octanol–water partition coefficient (Wildman–Crippen LogP) is 6.19. The number of fused-ring (bicyclic) bond motifs is 11. The zero-order valence-electron chi connectivity index (χ0n) is 38.8. The van der Waals surface area contributed by atoms with E-state index in [-0.39, 0.29) is 49.5 Å². The van der Waals surface area contributed by atoms with Gasteiger partial charge in [-0.3, -0.25) is 34.0 Å². The summed E-state index contributed by atoms with van der Waals surface area (Å²) in [5.41, 5.74) is 10.6. The van der Waals surface area contributed by atoms with Gasteiger partial charge in [-0.25, -0.2) is 5.43 Å². The van der Waals surface area contributed by atoms with Crippen LogP contribution in [0, 0.1) is 17.3 Å². The molecule has 4 aliphatic heterocycles. The Kier molecular flexibility index (Phi) is 13.0. The van der Waals surface area contributed by atoms with Crippen LogP contribution in [0.3, 0.4) is 0 Å². The van der Waals surface area contributed by atoms with Crippen LogP contribution < -0.4 is 10.7 Å². The number of hydrogen-bond acceptors (Lipinski definition) is 9. The lowest BCUT2D eigenvalue weighted by Crippen LogP contribution is -2.62. The van der Waals surface area contributed by atoms with Crippen LogP contribution in [0.25, 0.3) is 33.3 Å². The molecule has 4 aromatic rings. The van der Waals surface area contributed by atoms with Crippen LogP contribution in [-0.2, 0) is 46.3 Å². The molecule has 6 heterocycles. The van der Waals surface area contributed by atoms with Crippen molar-refractivity contribution >= 4 is 40.5 Å². The zero-order valence-corrected chi connectivity index (χ0v) is 38.8. The summed E-state index contributed by atoms with van der Waals surface area (Å²) >= 11 is 0. The molecule has 65 heavy (non-hydrogen) atoms. The van der Waals surface area contributed by atoms with Crippen molar-refractivity contribution in [3.63, 3.8) is 0 Å². The highest BCUT2D eigenvalue weighted by atomic mass is 16.5. The first kappa shape index (κ1) is 45.7. The summed E-state index contributed by atoms with van der Waals surface area (Å²) in [7, 11) is 1.61. The molecule has 14 nitrogen and oxygen atoms in total. The average Bonchev–Trinajstić information content (AvgIpc) is 3.91. The number of ether oxygens (including phenoxy) is 2. The van der Waals surface area contributed by atoms with Gasteiger partial charge in [0.15, 0.2) is 0 Å². The number of likely N-dealkylation sites (N-methyl/N-ethyl adjacent to an activating group) is 1. The monoisotopic (exact) mass is 885 g/mol. The summed E-state index contributed by atoms with van der Waals surface area (Å²) in [6.45, 7) is 17.4. The van der Waals surface area contributed by atoms with Crippen molar-refractivity contribution in [2.75, 3.05) is 39.9 Å². The minimum absolute atomic E-state index is 0.00747. The minimum Gasteiger partial charge on any atom is -0.464 e. The number of hydrazine groups is 1. The molecule has 2 fully saturated rings. The molecule has 4 amide bonds. The number of carbonyl (C=O) groups is 5. The molecule has 0 aliphatic carbocycles. The molecule has 2 aromatic carbocycles. The van der Waals surface area contributed by atoms with Crippen molar-refractivity contribution < 1.29 is 33.4 Å². The Morgan fingerprint density at radius 1 is 1.03 bits per heavy atom. The first-order valence-corrected chi connectivity index (χ1v) is 23.1. The van der Waals surface area contributed by atoms with Gasteiger partial charge in [0, 0.05) is 61.2 Å². The van der Waals surface area contributed by atoms with Crippen molar-refractivity contribution in [2.24, 2.45) is 17.3 Å². The molecule has 0 saturated carbocycles. The molecule has 0 radical (unpaired) electrons. The van der Waals surface area contributed by atoms with Gasteiger partial charge in [-0.05, 0) is 98.0 Å². The molecule has 2 aromatic heterocycles. The van der Waals surface area contributed by atoms with Crippen LogP contribution in [0.15, 0.2) is 73.4 Å². The number of pyridine rings is 1. The van der Waals surface area contributed by atoms with E-state index in [9.17, 15) is 24.0 Å². The fraction of sp³-hybridized carbons (Fsp3) is 0.490. The summed E-state index contributed by atoms with van der Waals surface area (Å²) in [5, 5.41) is 5.59. The van der Waals surface area contributed by atoms with E-state index in [1.165, 1.54) is 16.0 Å². The zero-order chi connectivity index (χ0) is 46.3. The number of rotatable bonds is 6. The average molecular weight is 886 g/mol. The number of benzene rings is 2. The molecular weight excluding hydrogens is 823 g/mol. The van der Waals surface area contributed by atoms with Crippen molar-refractivity contribution in [3.05, 3.63) is 90.3 Å². The van der Waals surface area contributed by atoms with E-state index in [2.05, 4.69) is 79.1 Å². The van der Waals surface area contributed by atoms with Crippen molar-refractivity contribution in [1.29, 1.82) is 0 Å². The third kappa shape index (κ3) is 9.20. The van der Waals surface area contributed by atoms with E-state index in [1.807, 2.05) is 45.2 Å². The van der Waals surface area contributed by atoms with Crippen LogP contribution in [0.1, 0.15) is 89.8 Å². The van der Waals surface area contributed by atoms with Crippen LogP contribution >= 0.6 is 0 Å². The fourth-order valence-corrected chi connectivity index (χ4v) is 10.3. The number of esters is 1. The molecule has 0 spiro atoms. The number of cyclic esters (lactones) is 1. The number of carbonyl (C=O) groups excluding carboxylic acids is 5. The summed E-state index contributed by atoms with van der Waals surface area (Å²) in [6.07, 6.45) is 5.11. The standard InChI is InChI=1S/C51H63N7O7/c1-9-43(59)56-22-19-36(27-56)48(61)55(8)45(30(2)3)47(60)53-41-24-33-13-10-14-34(23-33)35-17-18-42-38(25-35)39(46-37-15-11-20-52-44(37)32(5)64-28-31(4)58(42)46)26-51(6,7)29-65-50(63)40-16-12-21-57(54-40)49(41)62/h9-11,13-15,17-18,20,23,25,30-32,36,40-41,45,54H,1,12,16,19,21-22,24,26-29H2,2-8H3,(H,53,60)/t31-,32-,36-,40-,41-,45?/m0/s1. The molecule has 6 atom stereocenters. The highest BCUT2D eigenvalue weighted by Crippen LogP contribution is 2.44. The Bertz CT molecular complexity index is 2510. The number of nitrogens with zero attached hydrogens (tertiary/aromatic N) is 5. The quantitative estimate of drug-likeness (QED) is 0.171. The van der Waals surface area contributed by atoms with Gasteiger partial charge in [0.25, 0.3) is 5.91 Å². The maximum Gasteiger partial charge on any atom is 0.324 e. The second kappa shape index (κ2) is 18.6. The smallest absolute Gasteiger partial charge is 0.324 e. The Balaban J connectivity index is 1.19. The van der Waals surface area contributed by atoms with Crippen molar-refractivity contribution in [1.82, 2.24) is 35.1 Å². The minimum atomic E-state index is -1.05. The lowest BCUT2D eigenvalue weighted by Gasteiger charge is -2.37. The van der Waals surface area contributed by atoms with Crippen molar-refractivity contribution in [2.45, 2.75) is 104 Å². The molecule has 14 heteroatoms. The molecule has 8 rings (SSSR count). The largest absolute Gasteiger partial charge is 0.464 e. The van der Waals surface area contributed by atoms with Gasteiger partial charge in [0.2, 0.25) is 17.7 Å². The molecule has 1 unspecified atom stereocenters. The molecule has 2 saturated heterocycles. The molecule has 4 aliphatic rings. The van der Waals surface area contributed by atoms with Gasteiger partial charge in [-0.1, -0.05) is 64.6 Å². The molecule has 6 bridgehead atoms. The summed E-state index contributed by atoms with van der Waals surface area (Å²) < 4.78 is 14.9. The van der Waals surface area contributed by atoms with E-state index >= 15 is 0 Å². The van der Waals surface area contributed by atoms with Crippen LogP contribution in [-0.4, -0.2) is 112 Å². The fourth-order valence-electron chi connectivity index (χ4n) is 10.3. The van der Waals surface area contributed by atoms with E-state index < -0.39 is 47.2 Å². The van der Waals surface area contributed by atoms with E-state index in [0.29, 0.717) is 45.4 Å². The Morgan fingerprint density at radius 3 is 2.58 bits per heavy atom. The Morgan fingerprint density at radius 2 is 1.82 bits per heavy atom. The second-order valence-corrected chi connectivity index (χ2v) is 19.5. The maximum absolute atomic E-state index is 14.7. The van der Waals surface area contributed by atoms with E-state index in [4.69, 9.17) is 14.5 Å². The highest BCUT2D eigenvalue weighted by Gasteiger charge is 2.40. The SMILES string of the molecule is C=CC(=O)N1CC[C@H](C(=O)N(C)C(C(=O)N[C@H]2Cc3cccc(c3)-c3ccc4c(c3)c(c3n4[C@@H](C)CO[C@@H](C)c4ncccc4-3)CC(C)(C)COC(=O)[C@@H]3CCCN(N3)C2=O)C(C)C)C1. The van der Waals surface area contributed by atoms with Gasteiger partial charge < -0.3 is 29.2 Å². The van der Waals surface area contributed by atoms with Gasteiger partial charge in [0.05, 0.1) is 42.7 Å². The summed E-state index contributed by atoms with van der Waals surface area (Å²) in [4.78, 5) is 77.2. The lowest BCUT2D eigenvalue weighted by atomic mass is 9.84. The highest BCUT2D eigenvalue weighted by molar-refractivity contribution is 5.96. The summed E-state index contributed by atoms with van der Waals surface area (Å²) in [6, 6.07) is 16.0.